The van der Waals surface area contributed by atoms with E-state index in [1.54, 1.807) is 32.4 Å². The third-order valence-corrected chi connectivity index (χ3v) is 7.60. The first-order chi connectivity index (χ1) is 14.6. The maximum Gasteiger partial charge on any atom is 0.206 e. The lowest BCUT2D eigenvalue weighted by molar-refractivity contribution is 0.345. The first kappa shape index (κ1) is 25.0. The van der Waals surface area contributed by atoms with Crippen LogP contribution in [0.25, 0.3) is 0 Å². The molecule has 4 nitrogen and oxygen atoms in total. The second-order valence-corrected chi connectivity index (χ2v) is 10.6. The fourth-order valence-electron chi connectivity index (χ4n) is 3.34. The highest BCUT2D eigenvalue weighted by molar-refractivity contribution is 7.95. The molecule has 0 unspecified atom stereocenters. The fourth-order valence-corrected chi connectivity index (χ4v) is 4.96. The van der Waals surface area contributed by atoms with Gasteiger partial charge in [-0.1, -0.05) is 51.4 Å². The third-order valence-electron chi connectivity index (χ3n) is 5.43. The van der Waals surface area contributed by atoms with Crippen LogP contribution in [-0.4, -0.2) is 22.6 Å². The van der Waals surface area contributed by atoms with Gasteiger partial charge in [-0.05, 0) is 65.8 Å². The Bertz CT molecular complexity index is 1030. The van der Waals surface area contributed by atoms with Gasteiger partial charge in [0.15, 0.2) is 0 Å². The topological polar surface area (TPSA) is 52.6 Å². The van der Waals surface area contributed by atoms with Crippen LogP contribution in [0.15, 0.2) is 70.5 Å². The van der Waals surface area contributed by atoms with Crippen molar-refractivity contribution < 1.29 is 17.9 Å². The number of hydrogen-bond donors (Lipinski definition) is 0. The lowest BCUT2D eigenvalue weighted by Gasteiger charge is -2.26. The van der Waals surface area contributed by atoms with Crippen LogP contribution in [0.2, 0.25) is 5.02 Å². The van der Waals surface area contributed by atoms with E-state index in [0.717, 1.165) is 17.6 Å². The van der Waals surface area contributed by atoms with Crippen molar-refractivity contribution in [3.63, 3.8) is 0 Å². The summed E-state index contributed by atoms with van der Waals surface area (Å²) >= 11 is 5.96. The standard InChI is InChI=1S/C25H31ClO4S/c1-7-24(31(27,28)23-11-9-20(26)10-12-23)19(17-25(3,4)8-2)13-18-14-21(29-5)16-22(15-18)30-6/h7,9-12,14-16H,1,8,13,17H2,2-6H3/b24-19-. The van der Waals surface area contributed by atoms with Crippen LogP contribution < -0.4 is 9.47 Å². The highest BCUT2D eigenvalue weighted by Crippen LogP contribution is 2.36. The Morgan fingerprint density at radius 2 is 1.61 bits per heavy atom. The van der Waals surface area contributed by atoms with Crippen molar-refractivity contribution in [2.45, 2.75) is 44.9 Å². The smallest absolute Gasteiger partial charge is 0.206 e. The molecule has 0 atom stereocenters. The van der Waals surface area contributed by atoms with E-state index in [0.29, 0.717) is 29.4 Å². The van der Waals surface area contributed by atoms with Gasteiger partial charge in [0.25, 0.3) is 0 Å². The van der Waals surface area contributed by atoms with Gasteiger partial charge in [0.05, 0.1) is 24.0 Å². The van der Waals surface area contributed by atoms with E-state index < -0.39 is 9.84 Å². The zero-order valence-corrected chi connectivity index (χ0v) is 20.4. The SMILES string of the molecule is C=C/C(=C(\Cc1cc(OC)cc(OC)c1)CC(C)(C)CC)S(=O)(=O)c1ccc(Cl)cc1. The molecule has 31 heavy (non-hydrogen) atoms. The molecule has 0 radical (unpaired) electrons. The summed E-state index contributed by atoms with van der Waals surface area (Å²) in [5.41, 5.74) is 1.62. The Morgan fingerprint density at radius 3 is 2.06 bits per heavy atom. The van der Waals surface area contributed by atoms with Crippen LogP contribution >= 0.6 is 11.6 Å². The van der Waals surface area contributed by atoms with E-state index in [9.17, 15) is 8.42 Å². The normalized spacial score (nSPS) is 12.8. The summed E-state index contributed by atoms with van der Waals surface area (Å²) in [6.07, 6.45) is 3.40. The quantitative estimate of drug-likeness (QED) is 0.371. The molecule has 2 aromatic rings. The molecule has 0 aliphatic heterocycles. The molecule has 0 saturated heterocycles. The van der Waals surface area contributed by atoms with Gasteiger partial charge in [-0.15, -0.1) is 0 Å². The molecule has 0 aromatic heterocycles. The monoisotopic (exact) mass is 462 g/mol. The van der Waals surface area contributed by atoms with Gasteiger partial charge in [-0.3, -0.25) is 0 Å². The van der Waals surface area contributed by atoms with Crippen molar-refractivity contribution >= 4 is 21.4 Å². The highest BCUT2D eigenvalue weighted by Gasteiger charge is 2.26. The van der Waals surface area contributed by atoms with Gasteiger partial charge < -0.3 is 9.47 Å². The number of methoxy groups -OCH3 is 2. The number of benzene rings is 2. The summed E-state index contributed by atoms with van der Waals surface area (Å²) in [7, 11) is -0.573. The molecule has 2 aromatic carbocycles. The third kappa shape index (κ3) is 6.37. The van der Waals surface area contributed by atoms with E-state index in [1.807, 2.05) is 12.1 Å². The van der Waals surface area contributed by atoms with Gasteiger partial charge >= 0.3 is 0 Å². The van der Waals surface area contributed by atoms with Crippen molar-refractivity contribution in [3.05, 3.63) is 76.2 Å². The predicted molar refractivity (Wildman–Crippen MR) is 128 cm³/mol. The van der Waals surface area contributed by atoms with E-state index in [-0.39, 0.29) is 15.2 Å². The van der Waals surface area contributed by atoms with Gasteiger partial charge in [-0.2, -0.15) is 0 Å². The summed E-state index contributed by atoms with van der Waals surface area (Å²) in [4.78, 5) is 0.431. The average molecular weight is 463 g/mol. The first-order valence-electron chi connectivity index (χ1n) is 10.1. The van der Waals surface area contributed by atoms with Crippen LogP contribution in [0.4, 0.5) is 0 Å². The van der Waals surface area contributed by atoms with Crippen LogP contribution in [-0.2, 0) is 16.3 Å². The maximum atomic E-state index is 13.5. The minimum Gasteiger partial charge on any atom is -0.497 e. The minimum absolute atomic E-state index is 0.0813. The van der Waals surface area contributed by atoms with E-state index in [2.05, 4.69) is 27.4 Å². The van der Waals surface area contributed by atoms with E-state index >= 15 is 0 Å². The molecule has 0 heterocycles. The van der Waals surface area contributed by atoms with Crippen molar-refractivity contribution in [3.8, 4) is 11.5 Å². The summed E-state index contributed by atoms with van der Waals surface area (Å²) in [5.74, 6) is 1.31. The Morgan fingerprint density at radius 1 is 1.06 bits per heavy atom. The van der Waals surface area contributed by atoms with Gasteiger partial charge in [0, 0.05) is 11.1 Å². The van der Waals surface area contributed by atoms with Gasteiger partial charge in [-0.25, -0.2) is 8.42 Å². The van der Waals surface area contributed by atoms with E-state index in [4.69, 9.17) is 21.1 Å². The molecule has 0 aliphatic carbocycles. The number of sulfone groups is 1. The second-order valence-electron chi connectivity index (χ2n) is 8.22. The zero-order chi connectivity index (χ0) is 23.2. The Balaban J connectivity index is 2.66. The number of ether oxygens (including phenoxy) is 2. The zero-order valence-electron chi connectivity index (χ0n) is 18.9. The second kappa shape index (κ2) is 10.4. The number of hydrogen-bond acceptors (Lipinski definition) is 4. The molecule has 0 saturated carbocycles. The lowest BCUT2D eigenvalue weighted by atomic mass is 9.81. The molecular weight excluding hydrogens is 432 g/mol. The summed E-state index contributed by atoms with van der Waals surface area (Å²) in [6.45, 7) is 10.2. The lowest BCUT2D eigenvalue weighted by Crippen LogP contribution is -2.16. The summed E-state index contributed by atoms with van der Waals surface area (Å²) < 4.78 is 37.8. The molecule has 0 spiro atoms. The average Bonchev–Trinajstić information content (AvgIpc) is 2.73. The Kier molecular flexibility index (Phi) is 8.38. The molecular formula is C25H31ClO4S. The van der Waals surface area contributed by atoms with E-state index in [1.165, 1.54) is 18.2 Å². The summed E-state index contributed by atoms with van der Waals surface area (Å²) in [5, 5.41) is 0.485. The molecule has 6 heteroatoms. The van der Waals surface area contributed by atoms with Crippen LogP contribution in [0, 0.1) is 5.41 Å². The van der Waals surface area contributed by atoms with Gasteiger partial charge in [0.1, 0.15) is 11.5 Å². The van der Waals surface area contributed by atoms with Gasteiger partial charge in [0.2, 0.25) is 9.84 Å². The van der Waals surface area contributed by atoms with Crippen molar-refractivity contribution in [1.29, 1.82) is 0 Å². The van der Waals surface area contributed by atoms with Crippen molar-refractivity contribution in [1.82, 2.24) is 0 Å². The summed E-state index contributed by atoms with van der Waals surface area (Å²) in [6, 6.07) is 11.8. The number of rotatable bonds is 10. The maximum absolute atomic E-state index is 13.5. The predicted octanol–water partition coefficient (Wildman–Crippen LogP) is 6.64. The van der Waals surface area contributed by atoms with Crippen LogP contribution in [0.5, 0.6) is 11.5 Å². The largest absolute Gasteiger partial charge is 0.497 e. The molecule has 2 rings (SSSR count). The first-order valence-corrected chi connectivity index (χ1v) is 12.0. The van der Waals surface area contributed by atoms with Crippen LogP contribution in [0.3, 0.4) is 0 Å². The fraction of sp³-hybridized carbons (Fsp3) is 0.360. The Labute approximate surface area is 191 Å². The molecule has 0 bridgehead atoms. The number of halogens is 1. The van der Waals surface area contributed by atoms with Crippen LogP contribution in [0.1, 0.15) is 39.2 Å². The molecule has 0 N–H and O–H groups in total. The molecule has 0 aliphatic rings. The highest BCUT2D eigenvalue weighted by atomic mass is 35.5. The molecule has 0 fully saturated rings. The Hall–Kier alpha value is -2.24. The molecule has 0 amide bonds. The number of allylic oxidation sites excluding steroid dienone is 2. The van der Waals surface area contributed by atoms with Crippen molar-refractivity contribution in [2.24, 2.45) is 5.41 Å². The van der Waals surface area contributed by atoms with Crippen molar-refractivity contribution in [2.75, 3.05) is 14.2 Å². The minimum atomic E-state index is -3.76. The molecule has 168 valence electrons.